The second-order valence-corrected chi connectivity index (χ2v) is 6.82. The van der Waals surface area contributed by atoms with Crippen LogP contribution in [0.2, 0.25) is 0 Å². The lowest BCUT2D eigenvalue weighted by Crippen LogP contribution is -2.19. The van der Waals surface area contributed by atoms with Gasteiger partial charge in [0.1, 0.15) is 11.8 Å². The Hall–Kier alpha value is -2.41. The molecule has 0 radical (unpaired) electrons. The van der Waals surface area contributed by atoms with Gasteiger partial charge in [-0.3, -0.25) is 0 Å². The molecule has 0 bridgehead atoms. The van der Waals surface area contributed by atoms with Crippen LogP contribution in [-0.4, -0.2) is 13.0 Å². The Kier molecular flexibility index (Phi) is 5.88. The molecule has 1 fully saturated rings. The van der Waals surface area contributed by atoms with Gasteiger partial charge in [0.25, 0.3) is 0 Å². The lowest BCUT2D eigenvalue weighted by Gasteiger charge is -2.28. The molecule has 2 aromatic rings. The molecule has 136 valence electrons. The van der Waals surface area contributed by atoms with Gasteiger partial charge in [0.2, 0.25) is 6.43 Å². The van der Waals surface area contributed by atoms with E-state index in [-0.39, 0.29) is 0 Å². The molecule has 2 aromatic carbocycles. The number of alkyl halides is 2. The molecule has 0 N–H and O–H groups in total. The highest BCUT2D eigenvalue weighted by Gasteiger charge is 2.27. The molecule has 1 saturated carbocycles. The highest BCUT2D eigenvalue weighted by Crippen LogP contribution is 2.38. The third-order valence-electron chi connectivity index (χ3n) is 5.24. The van der Waals surface area contributed by atoms with Crippen molar-refractivity contribution in [2.24, 2.45) is 5.92 Å². The minimum atomic E-state index is -2.19. The van der Waals surface area contributed by atoms with E-state index in [2.05, 4.69) is 18.2 Å². The number of nitriles is 1. The molecular formula is C22H23F2NO. The number of hydrogen-bond donors (Lipinski definition) is 0. The van der Waals surface area contributed by atoms with E-state index in [1.807, 2.05) is 37.3 Å². The van der Waals surface area contributed by atoms with Gasteiger partial charge >= 0.3 is 0 Å². The van der Waals surface area contributed by atoms with Gasteiger partial charge in [-0.2, -0.15) is 5.26 Å². The van der Waals surface area contributed by atoms with Crippen LogP contribution >= 0.6 is 0 Å². The van der Waals surface area contributed by atoms with E-state index < -0.39 is 12.3 Å². The van der Waals surface area contributed by atoms with Gasteiger partial charge in [-0.05, 0) is 67.3 Å². The van der Waals surface area contributed by atoms with Crippen molar-refractivity contribution in [1.82, 2.24) is 0 Å². The number of halogens is 2. The summed E-state index contributed by atoms with van der Waals surface area (Å²) >= 11 is 0. The summed E-state index contributed by atoms with van der Waals surface area (Å²) in [6.07, 6.45) is 0.682. The zero-order valence-electron chi connectivity index (χ0n) is 14.9. The summed E-state index contributed by atoms with van der Waals surface area (Å²) in [5.41, 5.74) is 3.75. The van der Waals surface area contributed by atoms with Crippen LogP contribution < -0.4 is 4.74 Å². The minimum Gasteiger partial charge on any atom is -0.492 e. The highest BCUT2D eigenvalue weighted by atomic mass is 19.3. The molecule has 0 aromatic heterocycles. The number of hydrogen-bond acceptors (Lipinski definition) is 2. The van der Waals surface area contributed by atoms with Gasteiger partial charge in [-0.15, -0.1) is 0 Å². The smallest absolute Gasteiger partial charge is 0.241 e. The van der Waals surface area contributed by atoms with Crippen molar-refractivity contribution in [3.63, 3.8) is 0 Å². The van der Waals surface area contributed by atoms with Crippen molar-refractivity contribution in [3.05, 3.63) is 53.6 Å². The third-order valence-corrected chi connectivity index (χ3v) is 5.24. The molecule has 0 atom stereocenters. The SMILES string of the molecule is CCOc1ccc(-c2ccc(C3CCC(C(F)F)CC3)cc2)cc1C#N. The Balaban J connectivity index is 1.73. The van der Waals surface area contributed by atoms with E-state index in [9.17, 15) is 14.0 Å². The molecule has 0 spiro atoms. The van der Waals surface area contributed by atoms with Crippen LogP contribution in [-0.2, 0) is 0 Å². The molecule has 1 aliphatic rings. The largest absolute Gasteiger partial charge is 0.492 e. The average Bonchev–Trinajstić information content (AvgIpc) is 2.69. The van der Waals surface area contributed by atoms with Gasteiger partial charge in [-0.1, -0.05) is 30.3 Å². The van der Waals surface area contributed by atoms with E-state index in [1.165, 1.54) is 5.56 Å². The van der Waals surface area contributed by atoms with Crippen molar-refractivity contribution < 1.29 is 13.5 Å². The first kappa shape index (κ1) is 18.4. The Labute approximate surface area is 153 Å². The van der Waals surface area contributed by atoms with Crippen LogP contribution in [0.25, 0.3) is 11.1 Å². The molecule has 0 unspecified atom stereocenters. The molecule has 26 heavy (non-hydrogen) atoms. The quantitative estimate of drug-likeness (QED) is 0.643. The Morgan fingerprint density at radius 2 is 1.69 bits per heavy atom. The lowest BCUT2D eigenvalue weighted by molar-refractivity contribution is 0.0528. The Morgan fingerprint density at radius 3 is 2.27 bits per heavy atom. The lowest BCUT2D eigenvalue weighted by atomic mass is 9.78. The first-order valence-corrected chi connectivity index (χ1v) is 9.17. The fraction of sp³-hybridized carbons (Fsp3) is 0.409. The zero-order valence-corrected chi connectivity index (χ0v) is 14.9. The van der Waals surface area contributed by atoms with Gasteiger partial charge in [0.15, 0.2) is 0 Å². The van der Waals surface area contributed by atoms with Crippen LogP contribution in [0, 0.1) is 17.2 Å². The van der Waals surface area contributed by atoms with E-state index in [1.54, 1.807) is 0 Å². The number of rotatable bonds is 5. The fourth-order valence-electron chi connectivity index (χ4n) is 3.73. The summed E-state index contributed by atoms with van der Waals surface area (Å²) in [4.78, 5) is 0. The zero-order chi connectivity index (χ0) is 18.5. The monoisotopic (exact) mass is 355 g/mol. The second kappa shape index (κ2) is 8.31. The summed E-state index contributed by atoms with van der Waals surface area (Å²) in [5, 5.41) is 9.31. The molecule has 3 rings (SSSR count). The second-order valence-electron chi connectivity index (χ2n) is 6.82. The molecule has 0 aliphatic heterocycles. The molecule has 1 aliphatic carbocycles. The maximum Gasteiger partial charge on any atom is 0.241 e. The predicted molar refractivity (Wildman–Crippen MR) is 98.5 cm³/mol. The molecule has 0 amide bonds. The van der Waals surface area contributed by atoms with Crippen molar-refractivity contribution in [2.45, 2.75) is 45.0 Å². The van der Waals surface area contributed by atoms with Crippen molar-refractivity contribution in [2.75, 3.05) is 6.61 Å². The van der Waals surface area contributed by atoms with Gasteiger partial charge in [0.05, 0.1) is 12.2 Å². The molecule has 0 saturated heterocycles. The van der Waals surface area contributed by atoms with E-state index >= 15 is 0 Å². The maximum atomic E-state index is 12.8. The number of ether oxygens (including phenoxy) is 1. The van der Waals surface area contributed by atoms with Crippen LogP contribution in [0.5, 0.6) is 5.75 Å². The standard InChI is InChI=1S/C22H23F2NO/c1-2-26-21-12-11-19(13-20(21)14-25)17-5-3-15(4-6-17)16-7-9-18(10-8-16)22(23)24/h3-6,11-13,16,18,22H,2,7-10H2,1H3. The van der Waals surface area contributed by atoms with E-state index in [0.717, 1.165) is 24.0 Å². The molecule has 4 heteroatoms. The minimum absolute atomic E-state index is 0.369. The summed E-state index contributed by atoms with van der Waals surface area (Å²) in [6, 6.07) is 16.1. The number of benzene rings is 2. The molecular weight excluding hydrogens is 332 g/mol. The van der Waals surface area contributed by atoms with Crippen LogP contribution in [0.1, 0.15) is 49.7 Å². The molecule has 2 nitrogen and oxygen atoms in total. The topological polar surface area (TPSA) is 33.0 Å². The van der Waals surface area contributed by atoms with E-state index in [4.69, 9.17) is 4.74 Å². The van der Waals surface area contributed by atoms with Crippen LogP contribution in [0.3, 0.4) is 0 Å². The third kappa shape index (κ3) is 4.04. The average molecular weight is 355 g/mol. The van der Waals surface area contributed by atoms with Crippen molar-refractivity contribution in [1.29, 1.82) is 5.26 Å². The van der Waals surface area contributed by atoms with Gasteiger partial charge in [-0.25, -0.2) is 8.78 Å². The summed E-state index contributed by atoms with van der Waals surface area (Å²) in [6.45, 7) is 2.42. The van der Waals surface area contributed by atoms with Crippen LogP contribution in [0.15, 0.2) is 42.5 Å². The van der Waals surface area contributed by atoms with Crippen molar-refractivity contribution >= 4 is 0 Å². The van der Waals surface area contributed by atoms with E-state index in [0.29, 0.717) is 36.7 Å². The molecule has 0 heterocycles. The summed E-state index contributed by atoms with van der Waals surface area (Å²) in [7, 11) is 0. The van der Waals surface area contributed by atoms with Crippen molar-refractivity contribution in [3.8, 4) is 22.9 Å². The highest BCUT2D eigenvalue weighted by molar-refractivity contribution is 5.67. The summed E-state index contributed by atoms with van der Waals surface area (Å²) < 4.78 is 31.1. The first-order chi connectivity index (χ1) is 12.6. The van der Waals surface area contributed by atoms with Gasteiger partial charge in [0, 0.05) is 5.92 Å². The first-order valence-electron chi connectivity index (χ1n) is 9.17. The maximum absolute atomic E-state index is 12.8. The predicted octanol–water partition coefficient (Wildman–Crippen LogP) is 6.16. The fourth-order valence-corrected chi connectivity index (χ4v) is 3.73. The normalized spacial score (nSPS) is 20.0. The van der Waals surface area contributed by atoms with Gasteiger partial charge < -0.3 is 4.74 Å². The van der Waals surface area contributed by atoms with Crippen LogP contribution in [0.4, 0.5) is 8.78 Å². The summed E-state index contributed by atoms with van der Waals surface area (Å²) in [5.74, 6) is 0.541. The Morgan fingerprint density at radius 1 is 1.04 bits per heavy atom. The number of nitrogens with zero attached hydrogens (tertiary/aromatic N) is 1. The Bertz CT molecular complexity index is 772.